The van der Waals surface area contributed by atoms with Gasteiger partial charge in [0.1, 0.15) is 5.82 Å². The van der Waals surface area contributed by atoms with E-state index in [0.717, 1.165) is 44.3 Å². The van der Waals surface area contributed by atoms with Gasteiger partial charge in [0.15, 0.2) is 0 Å². The summed E-state index contributed by atoms with van der Waals surface area (Å²) in [6, 6.07) is 14.8. The van der Waals surface area contributed by atoms with Crippen LogP contribution in [-0.2, 0) is 4.79 Å². The van der Waals surface area contributed by atoms with Crippen molar-refractivity contribution in [3.05, 3.63) is 65.5 Å². The van der Waals surface area contributed by atoms with E-state index in [4.69, 9.17) is 0 Å². The smallest absolute Gasteiger partial charge is 0.254 e. The first kappa shape index (κ1) is 18.3. The van der Waals surface area contributed by atoms with Gasteiger partial charge in [-0.05, 0) is 80.0 Å². The summed E-state index contributed by atoms with van der Waals surface area (Å²) in [5.41, 5.74) is 2.75. The second-order valence-corrected chi connectivity index (χ2v) is 8.51. The first-order chi connectivity index (χ1) is 14.1. The Morgan fingerprint density at radius 3 is 2.17 bits per heavy atom. The number of benzene rings is 2. The maximum atomic E-state index is 13.2. The second kappa shape index (κ2) is 7.29. The Labute approximate surface area is 170 Å². The van der Waals surface area contributed by atoms with Crippen LogP contribution in [-0.4, -0.2) is 35.3 Å². The highest BCUT2D eigenvalue weighted by molar-refractivity contribution is 5.98. The van der Waals surface area contributed by atoms with Crippen LogP contribution in [0.25, 0.3) is 0 Å². The van der Waals surface area contributed by atoms with E-state index in [2.05, 4.69) is 4.90 Å². The average molecular weight is 392 g/mol. The number of amides is 2. The number of carbonyl (C=O) groups excluding carboxylic acids is 2. The van der Waals surface area contributed by atoms with Crippen molar-refractivity contribution >= 4 is 17.5 Å². The molecular formula is C24H25FN2O2. The third-order valence-electron chi connectivity index (χ3n) is 6.81. The van der Waals surface area contributed by atoms with Crippen molar-refractivity contribution in [1.29, 1.82) is 0 Å². The molecule has 0 saturated carbocycles. The summed E-state index contributed by atoms with van der Waals surface area (Å²) in [5.74, 6) is 0.434. The summed E-state index contributed by atoms with van der Waals surface area (Å²) in [6.07, 6.45) is 5.45. The predicted octanol–water partition coefficient (Wildman–Crippen LogP) is 4.50. The predicted molar refractivity (Wildman–Crippen MR) is 109 cm³/mol. The largest absolute Gasteiger partial charge is 0.333 e. The summed E-state index contributed by atoms with van der Waals surface area (Å²) in [4.78, 5) is 29.0. The molecule has 2 aromatic rings. The van der Waals surface area contributed by atoms with Crippen LogP contribution in [0.3, 0.4) is 0 Å². The van der Waals surface area contributed by atoms with Crippen LogP contribution in [0.15, 0.2) is 48.5 Å². The molecule has 0 aliphatic carbocycles. The average Bonchev–Trinajstić information content (AvgIpc) is 3.28. The SMILES string of the molecule is O=C1CCCN1c1ccc(C(=O)N2C3CCC2CC(c2ccc(F)cc2)C3)cc1. The monoisotopic (exact) mass is 392 g/mol. The molecule has 2 bridgehead atoms. The molecule has 0 radical (unpaired) electrons. The number of anilines is 1. The third kappa shape index (κ3) is 3.33. The zero-order chi connectivity index (χ0) is 20.0. The molecule has 2 atom stereocenters. The zero-order valence-corrected chi connectivity index (χ0v) is 16.4. The van der Waals surface area contributed by atoms with Gasteiger partial charge in [0.25, 0.3) is 5.91 Å². The fourth-order valence-electron chi connectivity index (χ4n) is 5.37. The number of hydrogen-bond donors (Lipinski definition) is 0. The number of nitrogens with zero attached hydrogens (tertiary/aromatic N) is 2. The van der Waals surface area contributed by atoms with Gasteiger partial charge in [-0.1, -0.05) is 12.1 Å². The van der Waals surface area contributed by atoms with Crippen molar-refractivity contribution in [3.8, 4) is 0 Å². The minimum Gasteiger partial charge on any atom is -0.333 e. The van der Waals surface area contributed by atoms with Crippen molar-refractivity contribution < 1.29 is 14.0 Å². The van der Waals surface area contributed by atoms with Crippen molar-refractivity contribution in [1.82, 2.24) is 4.90 Å². The molecule has 2 unspecified atom stereocenters. The van der Waals surface area contributed by atoms with Gasteiger partial charge in [0, 0.05) is 36.3 Å². The number of hydrogen-bond acceptors (Lipinski definition) is 2. The number of piperidine rings is 1. The van der Waals surface area contributed by atoms with E-state index in [-0.39, 0.29) is 29.7 Å². The number of carbonyl (C=O) groups is 2. The Bertz CT molecular complexity index is 911. The Hall–Kier alpha value is -2.69. The fraction of sp³-hybridized carbons (Fsp3) is 0.417. The maximum absolute atomic E-state index is 13.2. The van der Waals surface area contributed by atoms with Gasteiger partial charge >= 0.3 is 0 Å². The number of halogens is 1. The molecule has 5 heteroatoms. The molecule has 4 nitrogen and oxygen atoms in total. The molecule has 0 spiro atoms. The normalized spacial score (nSPS) is 26.2. The van der Waals surface area contributed by atoms with E-state index in [1.807, 2.05) is 36.4 Å². The highest BCUT2D eigenvalue weighted by atomic mass is 19.1. The Balaban J connectivity index is 1.31. The van der Waals surface area contributed by atoms with E-state index in [1.54, 1.807) is 4.90 Å². The summed E-state index contributed by atoms with van der Waals surface area (Å²) in [5, 5.41) is 0. The van der Waals surface area contributed by atoms with Crippen LogP contribution < -0.4 is 4.90 Å². The lowest BCUT2D eigenvalue weighted by atomic mass is 9.85. The van der Waals surface area contributed by atoms with Gasteiger partial charge in [-0.3, -0.25) is 9.59 Å². The van der Waals surface area contributed by atoms with E-state index in [0.29, 0.717) is 17.9 Å². The van der Waals surface area contributed by atoms with Crippen molar-refractivity contribution in [2.24, 2.45) is 0 Å². The summed E-state index contributed by atoms with van der Waals surface area (Å²) >= 11 is 0. The molecule has 29 heavy (non-hydrogen) atoms. The first-order valence-corrected chi connectivity index (χ1v) is 10.6. The van der Waals surface area contributed by atoms with Crippen LogP contribution in [0.5, 0.6) is 0 Å². The van der Waals surface area contributed by atoms with Crippen LogP contribution >= 0.6 is 0 Å². The molecule has 3 fully saturated rings. The standard InChI is InChI=1S/C24H25FN2O2/c25-19-7-3-16(4-8-19)18-14-21-11-12-22(15-18)27(21)24(29)17-5-9-20(10-6-17)26-13-1-2-23(26)28/h3-10,18,21-22H,1-2,11-15H2. The van der Waals surface area contributed by atoms with E-state index in [1.165, 1.54) is 17.7 Å². The minimum atomic E-state index is -0.205. The molecule has 150 valence electrons. The molecule has 3 aliphatic heterocycles. The highest BCUT2D eigenvalue weighted by Crippen LogP contribution is 2.43. The Kier molecular flexibility index (Phi) is 4.61. The lowest BCUT2D eigenvalue weighted by Crippen LogP contribution is -2.46. The summed E-state index contributed by atoms with van der Waals surface area (Å²) in [6.45, 7) is 0.757. The van der Waals surface area contributed by atoms with Gasteiger partial charge in [-0.2, -0.15) is 0 Å². The van der Waals surface area contributed by atoms with Crippen molar-refractivity contribution in [2.75, 3.05) is 11.4 Å². The lowest BCUT2D eigenvalue weighted by molar-refractivity contribution is -0.117. The van der Waals surface area contributed by atoms with Gasteiger partial charge in [-0.15, -0.1) is 0 Å². The van der Waals surface area contributed by atoms with E-state index >= 15 is 0 Å². The van der Waals surface area contributed by atoms with Gasteiger partial charge in [-0.25, -0.2) is 4.39 Å². The summed E-state index contributed by atoms with van der Waals surface area (Å²) in [7, 11) is 0. The van der Waals surface area contributed by atoms with E-state index in [9.17, 15) is 14.0 Å². The van der Waals surface area contributed by atoms with Gasteiger partial charge in [0.05, 0.1) is 0 Å². The fourth-order valence-corrected chi connectivity index (χ4v) is 5.37. The number of rotatable bonds is 3. The minimum absolute atomic E-state index is 0.0920. The quantitative estimate of drug-likeness (QED) is 0.771. The van der Waals surface area contributed by atoms with Gasteiger partial charge in [0.2, 0.25) is 5.91 Å². The second-order valence-electron chi connectivity index (χ2n) is 8.51. The molecule has 3 heterocycles. The topological polar surface area (TPSA) is 40.6 Å². The first-order valence-electron chi connectivity index (χ1n) is 10.6. The molecule has 0 N–H and O–H groups in total. The van der Waals surface area contributed by atoms with Gasteiger partial charge < -0.3 is 9.80 Å². The third-order valence-corrected chi connectivity index (χ3v) is 6.81. The van der Waals surface area contributed by atoms with Crippen molar-refractivity contribution in [2.45, 2.75) is 56.5 Å². The molecule has 2 aromatic carbocycles. The Morgan fingerprint density at radius 2 is 1.59 bits per heavy atom. The van der Waals surface area contributed by atoms with Crippen LogP contribution in [0.4, 0.5) is 10.1 Å². The maximum Gasteiger partial charge on any atom is 0.254 e. The van der Waals surface area contributed by atoms with Crippen LogP contribution in [0, 0.1) is 5.82 Å². The molecule has 5 rings (SSSR count). The van der Waals surface area contributed by atoms with E-state index < -0.39 is 0 Å². The molecule has 3 aliphatic rings. The van der Waals surface area contributed by atoms with Crippen LogP contribution in [0.1, 0.15) is 60.4 Å². The number of fused-ring (bicyclic) bond motifs is 2. The molecule has 0 aromatic heterocycles. The van der Waals surface area contributed by atoms with Crippen molar-refractivity contribution in [3.63, 3.8) is 0 Å². The van der Waals surface area contributed by atoms with Crippen LogP contribution in [0.2, 0.25) is 0 Å². The molecular weight excluding hydrogens is 367 g/mol. The summed E-state index contributed by atoms with van der Waals surface area (Å²) < 4.78 is 13.2. The Morgan fingerprint density at radius 1 is 0.931 bits per heavy atom. The highest BCUT2D eigenvalue weighted by Gasteiger charge is 2.43. The molecule has 2 amide bonds. The lowest BCUT2D eigenvalue weighted by Gasteiger charge is -2.39. The molecule has 3 saturated heterocycles. The zero-order valence-electron chi connectivity index (χ0n) is 16.4.